The summed E-state index contributed by atoms with van der Waals surface area (Å²) in [4.78, 5) is 15.8. The lowest BCUT2D eigenvalue weighted by atomic mass is 10.1. The number of nitrogens with one attached hydrogen (secondary N) is 1. The molecule has 1 aliphatic heterocycles. The van der Waals surface area contributed by atoms with Crippen molar-refractivity contribution in [2.75, 3.05) is 29.0 Å². The number of nitrogens with zero attached hydrogens (tertiary/aromatic N) is 4. The predicted molar refractivity (Wildman–Crippen MR) is 110 cm³/mol. The average Bonchev–Trinajstić information content (AvgIpc) is 2.69. The summed E-state index contributed by atoms with van der Waals surface area (Å²) < 4.78 is 3.25. The van der Waals surface area contributed by atoms with Gasteiger partial charge in [-0.15, -0.1) is 0 Å². The minimum absolute atomic E-state index is 0.846. The summed E-state index contributed by atoms with van der Waals surface area (Å²) in [5, 5.41) is 0. The molecule has 5 nitrogen and oxygen atoms in total. The van der Waals surface area contributed by atoms with Gasteiger partial charge in [-0.1, -0.05) is 30.7 Å². The Bertz CT molecular complexity index is 819. The summed E-state index contributed by atoms with van der Waals surface area (Å²) in [6.07, 6.45) is 10.1. The van der Waals surface area contributed by atoms with Crippen molar-refractivity contribution in [3.8, 4) is 11.8 Å². The van der Waals surface area contributed by atoms with Gasteiger partial charge in [-0.3, -0.25) is 4.98 Å². The number of hydrogen-bond acceptors (Lipinski definition) is 6. The number of pyridine rings is 1. The first kappa shape index (κ1) is 18.5. The normalized spacial score (nSPS) is 13.9. The Morgan fingerprint density at radius 2 is 1.96 bits per heavy atom. The number of aryl methyl sites for hydroxylation is 2. The molecule has 0 atom stereocenters. The standard InChI is InChI=1S/C20H25N5S/c1-4-18-17(20(23-14-22-18)25-10-6-5-7-11-25)9-8-16-12-19(24-26-3)15(2)21-13-16/h12-14,24H,4-7,10-11H2,1-3H3. The van der Waals surface area contributed by atoms with Crippen LogP contribution in [0.5, 0.6) is 0 Å². The monoisotopic (exact) mass is 367 g/mol. The number of aromatic nitrogens is 3. The minimum atomic E-state index is 0.846. The lowest BCUT2D eigenvalue weighted by Crippen LogP contribution is -2.31. The summed E-state index contributed by atoms with van der Waals surface area (Å²) >= 11 is 1.55. The summed E-state index contributed by atoms with van der Waals surface area (Å²) in [6.45, 7) is 6.19. The molecule has 26 heavy (non-hydrogen) atoms. The molecular weight excluding hydrogens is 342 g/mol. The van der Waals surface area contributed by atoms with E-state index in [1.165, 1.54) is 19.3 Å². The van der Waals surface area contributed by atoms with Crippen molar-refractivity contribution in [3.05, 3.63) is 41.1 Å². The van der Waals surface area contributed by atoms with Crippen molar-refractivity contribution < 1.29 is 0 Å². The lowest BCUT2D eigenvalue weighted by molar-refractivity contribution is 0.572. The van der Waals surface area contributed by atoms with Crippen LogP contribution in [0.4, 0.5) is 11.5 Å². The molecule has 3 heterocycles. The molecule has 0 bridgehead atoms. The summed E-state index contributed by atoms with van der Waals surface area (Å²) in [7, 11) is 0. The second-order valence-electron chi connectivity index (χ2n) is 6.33. The van der Waals surface area contributed by atoms with E-state index in [0.29, 0.717) is 0 Å². The van der Waals surface area contributed by atoms with E-state index in [0.717, 1.165) is 53.5 Å². The zero-order valence-electron chi connectivity index (χ0n) is 15.7. The van der Waals surface area contributed by atoms with Crippen LogP contribution in [0.25, 0.3) is 0 Å². The number of hydrogen-bond donors (Lipinski definition) is 1. The van der Waals surface area contributed by atoms with Gasteiger partial charge in [0, 0.05) is 31.1 Å². The van der Waals surface area contributed by atoms with E-state index in [9.17, 15) is 0 Å². The third-order valence-electron chi connectivity index (χ3n) is 4.53. The van der Waals surface area contributed by atoms with E-state index in [4.69, 9.17) is 0 Å². The van der Waals surface area contributed by atoms with Crippen LogP contribution < -0.4 is 9.62 Å². The molecule has 136 valence electrons. The first-order valence-electron chi connectivity index (χ1n) is 9.09. The Balaban J connectivity index is 1.97. The molecule has 1 N–H and O–H groups in total. The van der Waals surface area contributed by atoms with Crippen LogP contribution >= 0.6 is 11.9 Å². The van der Waals surface area contributed by atoms with E-state index in [1.54, 1.807) is 18.3 Å². The van der Waals surface area contributed by atoms with Gasteiger partial charge in [-0.05, 0) is 38.7 Å². The Morgan fingerprint density at radius 1 is 1.15 bits per heavy atom. The molecular formula is C20H25N5S. The smallest absolute Gasteiger partial charge is 0.148 e. The van der Waals surface area contributed by atoms with Crippen molar-refractivity contribution in [1.29, 1.82) is 0 Å². The zero-order valence-corrected chi connectivity index (χ0v) is 16.5. The Morgan fingerprint density at radius 3 is 2.69 bits per heavy atom. The van der Waals surface area contributed by atoms with E-state index in [1.807, 2.05) is 25.4 Å². The topological polar surface area (TPSA) is 53.9 Å². The molecule has 1 aliphatic rings. The van der Waals surface area contributed by atoms with Gasteiger partial charge in [0.05, 0.1) is 22.6 Å². The zero-order chi connectivity index (χ0) is 18.4. The maximum absolute atomic E-state index is 4.57. The number of rotatable bonds is 4. The van der Waals surface area contributed by atoms with E-state index in [-0.39, 0.29) is 0 Å². The number of piperidine rings is 1. The van der Waals surface area contributed by atoms with Gasteiger partial charge in [0.25, 0.3) is 0 Å². The van der Waals surface area contributed by atoms with Gasteiger partial charge in [0.1, 0.15) is 12.1 Å². The number of anilines is 2. The highest BCUT2D eigenvalue weighted by Crippen LogP contribution is 2.23. The van der Waals surface area contributed by atoms with Gasteiger partial charge in [0.2, 0.25) is 0 Å². The SMILES string of the molecule is CCc1ncnc(N2CCCCC2)c1C#Cc1cnc(C)c(NSC)c1. The molecule has 1 saturated heterocycles. The third kappa shape index (κ3) is 4.28. The first-order valence-corrected chi connectivity index (χ1v) is 10.3. The molecule has 0 spiro atoms. The van der Waals surface area contributed by atoms with Crippen LogP contribution in [0, 0.1) is 18.8 Å². The fourth-order valence-corrected chi connectivity index (χ4v) is 3.53. The highest BCUT2D eigenvalue weighted by molar-refractivity contribution is 7.99. The van der Waals surface area contributed by atoms with Crippen molar-refractivity contribution in [2.24, 2.45) is 0 Å². The van der Waals surface area contributed by atoms with Gasteiger partial charge in [-0.2, -0.15) is 0 Å². The Labute approximate surface area is 160 Å². The Hall–Kier alpha value is -2.26. The molecule has 0 aromatic carbocycles. The maximum atomic E-state index is 4.57. The first-order chi connectivity index (χ1) is 12.7. The molecule has 0 unspecified atom stereocenters. The molecule has 1 fully saturated rings. The third-order valence-corrected chi connectivity index (χ3v) is 4.95. The van der Waals surface area contributed by atoms with E-state index in [2.05, 4.69) is 43.3 Å². The van der Waals surface area contributed by atoms with Crippen LogP contribution in [-0.4, -0.2) is 34.3 Å². The second-order valence-corrected chi connectivity index (χ2v) is 6.95. The lowest BCUT2D eigenvalue weighted by Gasteiger charge is -2.28. The highest BCUT2D eigenvalue weighted by Gasteiger charge is 2.17. The molecule has 6 heteroatoms. The predicted octanol–water partition coefficient (Wildman–Crippen LogP) is 3.82. The van der Waals surface area contributed by atoms with Crippen LogP contribution in [0.1, 0.15) is 48.7 Å². The molecule has 0 radical (unpaired) electrons. The van der Waals surface area contributed by atoms with Crippen LogP contribution in [0.3, 0.4) is 0 Å². The van der Waals surface area contributed by atoms with Gasteiger partial charge in [-0.25, -0.2) is 9.97 Å². The fourth-order valence-electron chi connectivity index (χ4n) is 3.10. The fraction of sp³-hybridized carbons (Fsp3) is 0.450. The van der Waals surface area contributed by atoms with Crippen molar-refractivity contribution in [1.82, 2.24) is 15.0 Å². The summed E-state index contributed by atoms with van der Waals surface area (Å²) in [5.74, 6) is 7.60. The van der Waals surface area contributed by atoms with Crippen molar-refractivity contribution in [3.63, 3.8) is 0 Å². The quantitative estimate of drug-likeness (QED) is 0.655. The largest absolute Gasteiger partial charge is 0.355 e. The van der Waals surface area contributed by atoms with Gasteiger partial charge in [0.15, 0.2) is 0 Å². The van der Waals surface area contributed by atoms with E-state index >= 15 is 0 Å². The molecule has 3 rings (SSSR count). The minimum Gasteiger partial charge on any atom is -0.355 e. The molecule has 0 aliphatic carbocycles. The molecule has 2 aromatic heterocycles. The summed E-state index contributed by atoms with van der Waals surface area (Å²) in [5.41, 5.74) is 4.83. The van der Waals surface area contributed by atoms with Crippen molar-refractivity contribution in [2.45, 2.75) is 39.5 Å². The van der Waals surface area contributed by atoms with Crippen LogP contribution in [0.2, 0.25) is 0 Å². The highest BCUT2D eigenvalue weighted by atomic mass is 32.2. The average molecular weight is 368 g/mol. The van der Waals surface area contributed by atoms with E-state index < -0.39 is 0 Å². The molecule has 2 aromatic rings. The van der Waals surface area contributed by atoms with Crippen molar-refractivity contribution >= 4 is 23.5 Å². The van der Waals surface area contributed by atoms with Gasteiger partial charge >= 0.3 is 0 Å². The van der Waals surface area contributed by atoms with Crippen LogP contribution in [0.15, 0.2) is 18.6 Å². The summed E-state index contributed by atoms with van der Waals surface area (Å²) in [6, 6.07) is 2.04. The van der Waals surface area contributed by atoms with Crippen LogP contribution in [-0.2, 0) is 6.42 Å². The van der Waals surface area contributed by atoms with Gasteiger partial charge < -0.3 is 9.62 Å². The second kappa shape index (κ2) is 8.91. The maximum Gasteiger partial charge on any atom is 0.148 e. The Kier molecular flexibility index (Phi) is 6.35. The molecule has 0 amide bonds. The molecule has 0 saturated carbocycles.